The number of halogens is 1. The van der Waals surface area contributed by atoms with Gasteiger partial charge in [-0.05, 0) is 32.2 Å². The minimum Gasteiger partial charge on any atom is -0.299 e. The maximum Gasteiger partial charge on any atom is 0.131 e. The molecule has 0 bridgehead atoms. The van der Waals surface area contributed by atoms with Crippen LogP contribution >= 0.6 is 11.6 Å². The van der Waals surface area contributed by atoms with Crippen LogP contribution in [-0.4, -0.2) is 27.8 Å². The van der Waals surface area contributed by atoms with E-state index in [9.17, 15) is 0 Å². The molecular formula is C13H22ClN3. The molecule has 1 aliphatic heterocycles. The van der Waals surface area contributed by atoms with Crippen molar-refractivity contribution >= 4 is 11.6 Å². The molecule has 1 fully saturated rings. The smallest absolute Gasteiger partial charge is 0.131 e. The van der Waals surface area contributed by atoms with Gasteiger partial charge in [-0.3, -0.25) is 9.58 Å². The number of piperidine rings is 1. The molecule has 0 aliphatic carbocycles. The van der Waals surface area contributed by atoms with E-state index in [2.05, 4.69) is 16.9 Å². The molecular weight excluding hydrogens is 234 g/mol. The number of aromatic nitrogens is 2. The van der Waals surface area contributed by atoms with Gasteiger partial charge in [0.1, 0.15) is 5.15 Å². The molecule has 2 rings (SSSR count). The standard InChI is InChI=1S/C13H22ClN3/c1-4-11-6-5-7-17(8-11)9-12-10(2)15-16(3)13(12)14/h11H,4-9H2,1-3H3. The number of likely N-dealkylation sites (tertiary alicyclic amines) is 1. The first-order valence-electron chi connectivity index (χ1n) is 6.52. The first-order valence-corrected chi connectivity index (χ1v) is 6.90. The van der Waals surface area contributed by atoms with Crippen LogP contribution in [0.4, 0.5) is 0 Å². The SMILES string of the molecule is CCC1CCCN(Cc2c(C)nn(C)c2Cl)C1. The monoisotopic (exact) mass is 255 g/mol. The molecule has 17 heavy (non-hydrogen) atoms. The Bertz CT molecular complexity index is 386. The van der Waals surface area contributed by atoms with Gasteiger partial charge in [-0.1, -0.05) is 24.9 Å². The molecule has 0 saturated carbocycles. The lowest BCUT2D eigenvalue weighted by molar-refractivity contribution is 0.164. The summed E-state index contributed by atoms with van der Waals surface area (Å²) in [6, 6.07) is 0. The summed E-state index contributed by atoms with van der Waals surface area (Å²) in [5.41, 5.74) is 2.27. The van der Waals surface area contributed by atoms with Crippen LogP contribution in [0.5, 0.6) is 0 Å². The highest BCUT2D eigenvalue weighted by atomic mass is 35.5. The lowest BCUT2D eigenvalue weighted by Gasteiger charge is -2.32. The maximum absolute atomic E-state index is 6.28. The Balaban J connectivity index is 2.05. The fraction of sp³-hybridized carbons (Fsp3) is 0.769. The van der Waals surface area contributed by atoms with Gasteiger partial charge in [-0.25, -0.2) is 0 Å². The zero-order valence-electron chi connectivity index (χ0n) is 11.0. The van der Waals surface area contributed by atoms with Crippen LogP contribution in [0.2, 0.25) is 5.15 Å². The maximum atomic E-state index is 6.28. The van der Waals surface area contributed by atoms with E-state index in [0.717, 1.165) is 23.3 Å². The molecule has 1 aliphatic rings. The molecule has 1 aromatic rings. The van der Waals surface area contributed by atoms with Crippen LogP contribution in [0.25, 0.3) is 0 Å². The molecule has 1 saturated heterocycles. The van der Waals surface area contributed by atoms with Gasteiger partial charge >= 0.3 is 0 Å². The van der Waals surface area contributed by atoms with Gasteiger partial charge in [0.2, 0.25) is 0 Å². The summed E-state index contributed by atoms with van der Waals surface area (Å²) >= 11 is 6.28. The summed E-state index contributed by atoms with van der Waals surface area (Å²) in [7, 11) is 1.91. The quantitative estimate of drug-likeness (QED) is 0.828. The lowest BCUT2D eigenvalue weighted by atomic mass is 9.95. The van der Waals surface area contributed by atoms with E-state index in [4.69, 9.17) is 11.6 Å². The summed E-state index contributed by atoms with van der Waals surface area (Å²) in [6.45, 7) is 7.69. The van der Waals surface area contributed by atoms with Gasteiger partial charge in [-0.2, -0.15) is 5.10 Å². The Morgan fingerprint density at radius 2 is 2.24 bits per heavy atom. The summed E-state index contributed by atoms with van der Waals surface area (Å²) in [5.74, 6) is 0.861. The summed E-state index contributed by atoms with van der Waals surface area (Å²) < 4.78 is 1.77. The highest BCUT2D eigenvalue weighted by molar-refractivity contribution is 6.30. The summed E-state index contributed by atoms with van der Waals surface area (Å²) in [4.78, 5) is 2.52. The Morgan fingerprint density at radius 3 is 2.82 bits per heavy atom. The zero-order chi connectivity index (χ0) is 12.4. The number of hydrogen-bond acceptors (Lipinski definition) is 2. The van der Waals surface area contributed by atoms with Crippen molar-refractivity contribution in [3.8, 4) is 0 Å². The lowest BCUT2D eigenvalue weighted by Crippen LogP contribution is -2.34. The molecule has 0 radical (unpaired) electrons. The van der Waals surface area contributed by atoms with Crippen molar-refractivity contribution in [3.63, 3.8) is 0 Å². The molecule has 0 N–H and O–H groups in total. The minimum absolute atomic E-state index is 0.793. The Labute approximate surface area is 109 Å². The van der Waals surface area contributed by atoms with Crippen LogP contribution in [0.15, 0.2) is 0 Å². The van der Waals surface area contributed by atoms with Crippen LogP contribution in [-0.2, 0) is 13.6 Å². The van der Waals surface area contributed by atoms with Crippen molar-refractivity contribution in [1.82, 2.24) is 14.7 Å². The van der Waals surface area contributed by atoms with Gasteiger partial charge < -0.3 is 0 Å². The first-order chi connectivity index (χ1) is 8.11. The molecule has 0 aromatic carbocycles. The van der Waals surface area contributed by atoms with Crippen molar-refractivity contribution in [2.24, 2.45) is 13.0 Å². The predicted octanol–water partition coefficient (Wildman–Crippen LogP) is 3.00. The number of aryl methyl sites for hydroxylation is 2. The Kier molecular flexibility index (Phi) is 4.10. The third-order valence-corrected chi connectivity index (χ3v) is 4.30. The number of hydrogen-bond donors (Lipinski definition) is 0. The second kappa shape index (κ2) is 5.40. The molecule has 0 spiro atoms. The Morgan fingerprint density at radius 1 is 1.47 bits per heavy atom. The Hall–Kier alpha value is -0.540. The van der Waals surface area contributed by atoms with Crippen LogP contribution in [0, 0.1) is 12.8 Å². The van der Waals surface area contributed by atoms with E-state index in [-0.39, 0.29) is 0 Å². The highest BCUT2D eigenvalue weighted by Gasteiger charge is 2.21. The molecule has 96 valence electrons. The largest absolute Gasteiger partial charge is 0.299 e. The molecule has 1 atom stereocenters. The van der Waals surface area contributed by atoms with Gasteiger partial charge in [0.15, 0.2) is 0 Å². The number of nitrogens with zero attached hydrogens (tertiary/aromatic N) is 3. The minimum atomic E-state index is 0.793. The second-order valence-electron chi connectivity index (χ2n) is 5.13. The summed E-state index contributed by atoms with van der Waals surface area (Å²) in [5, 5.41) is 5.17. The van der Waals surface area contributed by atoms with E-state index >= 15 is 0 Å². The zero-order valence-corrected chi connectivity index (χ0v) is 11.8. The predicted molar refractivity (Wildman–Crippen MR) is 71.2 cm³/mol. The second-order valence-corrected chi connectivity index (χ2v) is 5.49. The third-order valence-electron chi connectivity index (χ3n) is 3.83. The van der Waals surface area contributed by atoms with Crippen LogP contribution in [0.3, 0.4) is 0 Å². The van der Waals surface area contributed by atoms with E-state index in [1.807, 2.05) is 14.0 Å². The van der Waals surface area contributed by atoms with Gasteiger partial charge in [-0.15, -0.1) is 0 Å². The molecule has 1 unspecified atom stereocenters. The third kappa shape index (κ3) is 2.83. The highest BCUT2D eigenvalue weighted by Crippen LogP contribution is 2.25. The average Bonchev–Trinajstić information content (AvgIpc) is 2.56. The van der Waals surface area contributed by atoms with E-state index in [1.165, 1.54) is 37.9 Å². The molecule has 0 amide bonds. The van der Waals surface area contributed by atoms with Crippen molar-refractivity contribution in [1.29, 1.82) is 0 Å². The summed E-state index contributed by atoms with van der Waals surface area (Å²) in [6.07, 6.45) is 3.98. The van der Waals surface area contributed by atoms with Gasteiger partial charge in [0.05, 0.1) is 5.69 Å². The van der Waals surface area contributed by atoms with Gasteiger partial charge in [0.25, 0.3) is 0 Å². The van der Waals surface area contributed by atoms with Gasteiger partial charge in [0, 0.05) is 25.7 Å². The fourth-order valence-electron chi connectivity index (χ4n) is 2.71. The van der Waals surface area contributed by atoms with Crippen molar-refractivity contribution in [2.75, 3.05) is 13.1 Å². The van der Waals surface area contributed by atoms with Crippen LogP contribution < -0.4 is 0 Å². The number of rotatable bonds is 3. The first kappa shape index (κ1) is 12.9. The van der Waals surface area contributed by atoms with E-state index in [0.29, 0.717) is 0 Å². The van der Waals surface area contributed by atoms with Crippen LogP contribution in [0.1, 0.15) is 37.4 Å². The molecule has 2 heterocycles. The van der Waals surface area contributed by atoms with E-state index < -0.39 is 0 Å². The van der Waals surface area contributed by atoms with Crippen molar-refractivity contribution in [3.05, 3.63) is 16.4 Å². The van der Waals surface area contributed by atoms with Crippen molar-refractivity contribution in [2.45, 2.75) is 39.7 Å². The van der Waals surface area contributed by atoms with Crippen molar-refractivity contribution < 1.29 is 0 Å². The average molecular weight is 256 g/mol. The normalized spacial score (nSPS) is 22.0. The molecule has 4 heteroatoms. The molecule has 3 nitrogen and oxygen atoms in total. The topological polar surface area (TPSA) is 21.1 Å². The fourth-order valence-corrected chi connectivity index (χ4v) is 2.94. The van der Waals surface area contributed by atoms with E-state index in [1.54, 1.807) is 4.68 Å². The molecule has 1 aromatic heterocycles.